The highest BCUT2D eigenvalue weighted by atomic mass is 32.2. The summed E-state index contributed by atoms with van der Waals surface area (Å²) in [7, 11) is -3.82. The summed E-state index contributed by atoms with van der Waals surface area (Å²) in [6.07, 6.45) is 0. The first-order valence-electron chi connectivity index (χ1n) is 8.34. The van der Waals surface area contributed by atoms with Crippen LogP contribution in [0.3, 0.4) is 0 Å². The van der Waals surface area contributed by atoms with Crippen molar-refractivity contribution < 1.29 is 22.7 Å². The average Bonchev–Trinajstić information content (AvgIpc) is 2.66. The van der Waals surface area contributed by atoms with Gasteiger partial charge in [-0.25, -0.2) is 8.42 Å². The van der Waals surface area contributed by atoms with E-state index in [9.17, 15) is 18.0 Å². The van der Waals surface area contributed by atoms with Crippen molar-refractivity contribution in [3.05, 3.63) is 65.7 Å². The van der Waals surface area contributed by atoms with Gasteiger partial charge in [-0.05, 0) is 31.5 Å². The van der Waals surface area contributed by atoms with E-state index in [1.807, 2.05) is 44.2 Å². The summed E-state index contributed by atoms with van der Waals surface area (Å²) in [5.41, 5.74) is 1.84. The van der Waals surface area contributed by atoms with Crippen LogP contribution in [0, 0.1) is 6.92 Å². The van der Waals surface area contributed by atoms with Crippen molar-refractivity contribution >= 4 is 21.9 Å². The van der Waals surface area contributed by atoms with Crippen LogP contribution in [0.5, 0.6) is 0 Å². The standard InChI is InChI=1S/C19H22N2O5S/c1-14-8-10-17(11-9-14)27(24,25)20-12-19(23)26-13-18(22)21-15(2)16-6-4-3-5-7-16/h3-11,15,20H,12-13H2,1-2H3,(H,21,22)/t15-/m0/s1. The first-order valence-corrected chi connectivity index (χ1v) is 9.82. The van der Waals surface area contributed by atoms with Gasteiger partial charge in [0.1, 0.15) is 6.54 Å². The number of hydrogen-bond donors (Lipinski definition) is 2. The predicted molar refractivity (Wildman–Crippen MR) is 100 cm³/mol. The third-order valence-corrected chi connectivity index (χ3v) is 5.20. The molecule has 0 radical (unpaired) electrons. The Hall–Kier alpha value is -2.71. The molecule has 0 spiro atoms. The zero-order chi connectivity index (χ0) is 19.9. The lowest BCUT2D eigenvalue weighted by Gasteiger charge is -2.14. The number of rotatable bonds is 8. The van der Waals surface area contributed by atoms with Gasteiger partial charge < -0.3 is 10.1 Å². The number of nitrogens with one attached hydrogen (secondary N) is 2. The molecule has 0 aliphatic rings. The molecular formula is C19H22N2O5S. The van der Waals surface area contributed by atoms with Crippen LogP contribution in [0.25, 0.3) is 0 Å². The largest absolute Gasteiger partial charge is 0.455 e. The number of sulfonamides is 1. The van der Waals surface area contributed by atoms with Crippen LogP contribution in [0.4, 0.5) is 0 Å². The van der Waals surface area contributed by atoms with E-state index in [2.05, 4.69) is 10.0 Å². The van der Waals surface area contributed by atoms with Crippen LogP contribution in [0.15, 0.2) is 59.5 Å². The number of aryl methyl sites for hydroxylation is 1. The van der Waals surface area contributed by atoms with Crippen LogP contribution in [-0.4, -0.2) is 33.4 Å². The molecule has 8 heteroatoms. The molecule has 0 aliphatic heterocycles. The molecule has 0 aromatic heterocycles. The molecule has 1 amide bonds. The van der Waals surface area contributed by atoms with E-state index in [-0.39, 0.29) is 10.9 Å². The monoisotopic (exact) mass is 390 g/mol. The molecule has 0 heterocycles. The van der Waals surface area contributed by atoms with Gasteiger partial charge in [0.25, 0.3) is 5.91 Å². The predicted octanol–water partition coefficient (Wildman–Crippen LogP) is 1.69. The highest BCUT2D eigenvalue weighted by Gasteiger charge is 2.17. The van der Waals surface area contributed by atoms with Gasteiger partial charge in [0.2, 0.25) is 10.0 Å². The molecule has 7 nitrogen and oxygen atoms in total. The number of ether oxygens (including phenoxy) is 1. The molecule has 2 N–H and O–H groups in total. The molecular weight excluding hydrogens is 368 g/mol. The summed E-state index contributed by atoms with van der Waals surface area (Å²) in [5, 5.41) is 2.70. The molecule has 2 rings (SSSR count). The van der Waals surface area contributed by atoms with Gasteiger partial charge in [-0.2, -0.15) is 4.72 Å². The third-order valence-electron chi connectivity index (χ3n) is 3.78. The quantitative estimate of drug-likeness (QED) is 0.668. The molecule has 144 valence electrons. The topological polar surface area (TPSA) is 102 Å². The molecule has 1 atom stereocenters. The number of esters is 1. The number of hydrogen-bond acceptors (Lipinski definition) is 5. The van der Waals surface area contributed by atoms with E-state index < -0.39 is 35.1 Å². The Morgan fingerprint density at radius 2 is 1.67 bits per heavy atom. The highest BCUT2D eigenvalue weighted by molar-refractivity contribution is 7.89. The Kier molecular flexibility index (Phi) is 7.09. The molecule has 2 aromatic rings. The zero-order valence-corrected chi connectivity index (χ0v) is 16.0. The highest BCUT2D eigenvalue weighted by Crippen LogP contribution is 2.11. The van der Waals surface area contributed by atoms with Crippen LogP contribution in [0.2, 0.25) is 0 Å². The molecule has 2 aromatic carbocycles. The van der Waals surface area contributed by atoms with Gasteiger partial charge in [-0.1, -0.05) is 48.0 Å². The number of carbonyl (C=O) groups excluding carboxylic acids is 2. The lowest BCUT2D eigenvalue weighted by atomic mass is 10.1. The normalized spacial score (nSPS) is 12.2. The minimum atomic E-state index is -3.82. The Labute approximate surface area is 158 Å². The van der Waals surface area contributed by atoms with Crippen LogP contribution < -0.4 is 10.0 Å². The second-order valence-electron chi connectivity index (χ2n) is 6.00. The molecule has 0 saturated heterocycles. The van der Waals surface area contributed by atoms with Crippen molar-refractivity contribution in [2.45, 2.75) is 24.8 Å². The lowest BCUT2D eigenvalue weighted by molar-refractivity contribution is -0.147. The molecule has 27 heavy (non-hydrogen) atoms. The summed E-state index contributed by atoms with van der Waals surface area (Å²) < 4.78 is 31.1. The van der Waals surface area contributed by atoms with Gasteiger partial charge in [0.15, 0.2) is 6.61 Å². The average molecular weight is 390 g/mol. The molecule has 0 unspecified atom stereocenters. The number of amides is 1. The van der Waals surface area contributed by atoms with Crippen LogP contribution in [0.1, 0.15) is 24.1 Å². The second-order valence-corrected chi connectivity index (χ2v) is 7.77. The fraction of sp³-hybridized carbons (Fsp3) is 0.263. The summed E-state index contributed by atoms with van der Waals surface area (Å²) in [6, 6.07) is 15.3. The maximum atomic E-state index is 12.1. The zero-order valence-electron chi connectivity index (χ0n) is 15.1. The molecule has 0 aliphatic carbocycles. The fourth-order valence-electron chi connectivity index (χ4n) is 2.26. The smallest absolute Gasteiger partial charge is 0.321 e. The second kappa shape index (κ2) is 9.29. The van der Waals surface area contributed by atoms with E-state index in [4.69, 9.17) is 4.74 Å². The maximum absolute atomic E-state index is 12.1. The Morgan fingerprint density at radius 3 is 2.30 bits per heavy atom. The fourth-order valence-corrected chi connectivity index (χ4v) is 3.23. The van der Waals surface area contributed by atoms with Crippen molar-refractivity contribution in [2.75, 3.05) is 13.2 Å². The minimum absolute atomic E-state index is 0.0512. The lowest BCUT2D eigenvalue weighted by Crippen LogP contribution is -2.34. The van der Waals surface area contributed by atoms with E-state index in [1.54, 1.807) is 12.1 Å². The Morgan fingerprint density at radius 1 is 1.04 bits per heavy atom. The third kappa shape index (κ3) is 6.50. The number of benzene rings is 2. The summed E-state index contributed by atoms with van der Waals surface area (Å²) in [5.74, 6) is -1.31. The van der Waals surface area contributed by atoms with E-state index in [1.165, 1.54) is 12.1 Å². The van der Waals surface area contributed by atoms with Crippen molar-refractivity contribution in [1.29, 1.82) is 0 Å². The minimum Gasteiger partial charge on any atom is -0.455 e. The first kappa shape index (κ1) is 20.6. The van der Waals surface area contributed by atoms with Gasteiger partial charge in [0, 0.05) is 0 Å². The number of carbonyl (C=O) groups is 2. The summed E-state index contributed by atoms with van der Waals surface area (Å²) in [4.78, 5) is 23.6. The van der Waals surface area contributed by atoms with Crippen molar-refractivity contribution in [2.24, 2.45) is 0 Å². The van der Waals surface area contributed by atoms with Crippen LogP contribution >= 0.6 is 0 Å². The van der Waals surface area contributed by atoms with Gasteiger partial charge in [-0.3, -0.25) is 9.59 Å². The van der Waals surface area contributed by atoms with Gasteiger partial charge in [-0.15, -0.1) is 0 Å². The molecule has 0 fully saturated rings. The summed E-state index contributed by atoms with van der Waals surface area (Å²) >= 11 is 0. The van der Waals surface area contributed by atoms with Gasteiger partial charge in [0.05, 0.1) is 10.9 Å². The van der Waals surface area contributed by atoms with Crippen molar-refractivity contribution in [1.82, 2.24) is 10.0 Å². The Balaban J connectivity index is 1.77. The Bertz CT molecular complexity index is 880. The molecule has 0 bridgehead atoms. The van der Waals surface area contributed by atoms with Gasteiger partial charge >= 0.3 is 5.97 Å². The van der Waals surface area contributed by atoms with E-state index >= 15 is 0 Å². The van der Waals surface area contributed by atoms with E-state index in [0.717, 1.165) is 11.1 Å². The molecule has 0 saturated carbocycles. The SMILES string of the molecule is Cc1ccc(S(=O)(=O)NCC(=O)OCC(=O)N[C@@H](C)c2ccccc2)cc1. The van der Waals surface area contributed by atoms with E-state index in [0.29, 0.717) is 0 Å². The van der Waals surface area contributed by atoms with Crippen LogP contribution in [-0.2, 0) is 24.3 Å². The van der Waals surface area contributed by atoms with Crippen molar-refractivity contribution in [3.8, 4) is 0 Å². The first-order chi connectivity index (χ1) is 12.8. The summed E-state index contributed by atoms with van der Waals surface area (Å²) in [6.45, 7) is 2.61. The maximum Gasteiger partial charge on any atom is 0.321 e. The van der Waals surface area contributed by atoms with Crippen molar-refractivity contribution in [3.63, 3.8) is 0 Å².